The maximum Gasteiger partial charge on any atom is 0.328 e. The highest BCUT2D eigenvalue weighted by atomic mass is 19.3. The molecule has 9 rings (SSSR count). The molecule has 2 aromatic heterocycles. The molecule has 1 atom stereocenters. The third kappa shape index (κ3) is 7.49. The topological polar surface area (TPSA) is 174 Å². The average Bonchev–Trinajstić information content (AvgIpc) is 3.89. The number of primary amides is 1. The molecule has 0 bridgehead atoms. The number of aromatic nitrogens is 3. The molecule has 18 heteroatoms. The molecule has 322 valence electrons. The number of carbonyl (C=O) groups is 4. The number of urea groups is 1. The summed E-state index contributed by atoms with van der Waals surface area (Å²) in [6.07, 6.45) is 5.91. The van der Waals surface area contributed by atoms with Crippen LogP contribution in [0, 0.1) is 5.41 Å². The number of halogens is 2. The van der Waals surface area contributed by atoms with Gasteiger partial charge in [-0.2, -0.15) is 0 Å². The van der Waals surface area contributed by atoms with Crippen molar-refractivity contribution < 1.29 is 32.7 Å². The number of methoxy groups -OCH3 is 1. The number of anilines is 4. The summed E-state index contributed by atoms with van der Waals surface area (Å²) in [5.74, 6) is -2.94. The van der Waals surface area contributed by atoms with Crippen LogP contribution in [0.4, 0.5) is 36.5 Å². The molecule has 1 spiro atoms. The minimum Gasteiger partial charge on any atom is -0.495 e. The zero-order valence-corrected chi connectivity index (χ0v) is 34.5. The van der Waals surface area contributed by atoms with Crippen LogP contribution in [0.2, 0.25) is 0 Å². The fourth-order valence-corrected chi connectivity index (χ4v) is 10.2. The Morgan fingerprint density at radius 2 is 1.70 bits per heavy atom. The molecule has 0 radical (unpaired) electrons. The van der Waals surface area contributed by atoms with Crippen molar-refractivity contribution >= 4 is 52.3 Å². The monoisotopic (exact) mass is 839 g/mol. The molecule has 16 nitrogen and oxygen atoms in total. The second kappa shape index (κ2) is 15.9. The Hall–Kier alpha value is -5.88. The van der Waals surface area contributed by atoms with Crippen LogP contribution >= 0.6 is 0 Å². The van der Waals surface area contributed by atoms with Gasteiger partial charge in [0.15, 0.2) is 11.5 Å². The number of carbonyl (C=O) groups excluding carboxylic acids is 4. The highest BCUT2D eigenvalue weighted by molar-refractivity contribution is 6.07. The third-order valence-corrected chi connectivity index (χ3v) is 13.6. The van der Waals surface area contributed by atoms with E-state index in [-0.39, 0.29) is 42.4 Å². The second-order valence-corrected chi connectivity index (χ2v) is 17.0. The smallest absolute Gasteiger partial charge is 0.328 e. The highest BCUT2D eigenvalue weighted by Gasteiger charge is 2.50. The Kier molecular flexibility index (Phi) is 10.5. The summed E-state index contributed by atoms with van der Waals surface area (Å²) in [6, 6.07) is 11.5. The van der Waals surface area contributed by atoms with E-state index < -0.39 is 23.9 Å². The number of ether oxygens (including phenoxy) is 1. The number of nitrogens with zero attached hydrogens (tertiary/aromatic N) is 8. The summed E-state index contributed by atoms with van der Waals surface area (Å²) < 4.78 is 39.2. The van der Waals surface area contributed by atoms with Crippen molar-refractivity contribution in [2.75, 3.05) is 81.6 Å². The summed E-state index contributed by atoms with van der Waals surface area (Å²) in [5.41, 5.74) is 10.9. The van der Waals surface area contributed by atoms with E-state index >= 15 is 8.78 Å². The number of nitrogens with one attached hydrogen (secondary N) is 2. The number of hydrogen-bond acceptors (Lipinski definition) is 11. The van der Waals surface area contributed by atoms with Crippen molar-refractivity contribution in [3.05, 3.63) is 71.0 Å². The largest absolute Gasteiger partial charge is 0.495 e. The van der Waals surface area contributed by atoms with Gasteiger partial charge in [-0.05, 0) is 92.4 Å². The first-order valence-electron chi connectivity index (χ1n) is 21.0. The zero-order chi connectivity index (χ0) is 42.6. The van der Waals surface area contributed by atoms with Crippen molar-refractivity contribution in [3.63, 3.8) is 0 Å². The van der Waals surface area contributed by atoms with E-state index in [1.165, 1.54) is 22.7 Å². The SMILES string of the molecule is CNc1cc(N2CCc3c(CN4CCC(N5CCC6(CCN(C(=O)c7ccc(OC)c(N8CCC(=O)NC8=O)c7)CC6)CC5)C(F)(F)C4)cccc32)nn2c(C(N)=O)cnc12. The van der Waals surface area contributed by atoms with Crippen LogP contribution < -0.4 is 30.9 Å². The zero-order valence-electron chi connectivity index (χ0n) is 34.5. The number of benzene rings is 2. The standard InChI is InChI=1S/C43H51F2N11O5/c1-47-30-23-36(50-56-33(38(46)58)24-48-39(30)56)54-16-8-29-28(4-3-5-31(29)54)25-51-15-9-35(43(44,45)26-51)52-18-11-42(12-19-52)13-20-53(21-14-42)40(59)27-6-7-34(61-2)32(22-27)55-17-10-37(57)49-41(55)60/h3-7,22-24,35,47H,8-21,25-26H2,1-2H3,(H2,46,58)(H,49,57,60). The number of nitrogens with two attached hydrogens (primary N) is 1. The normalized spacial score (nSPS) is 21.8. The van der Waals surface area contributed by atoms with Crippen LogP contribution in [0.15, 0.2) is 48.7 Å². The predicted molar refractivity (Wildman–Crippen MR) is 224 cm³/mol. The first-order chi connectivity index (χ1) is 29.4. The fourth-order valence-electron chi connectivity index (χ4n) is 10.2. The van der Waals surface area contributed by atoms with Gasteiger partial charge < -0.3 is 25.6 Å². The molecule has 5 aliphatic rings. The van der Waals surface area contributed by atoms with E-state index in [0.29, 0.717) is 86.4 Å². The van der Waals surface area contributed by atoms with Gasteiger partial charge in [-0.15, -0.1) is 5.10 Å². The number of piperidine rings is 3. The molecule has 4 saturated heterocycles. The number of amides is 5. The Bertz CT molecular complexity index is 2390. The summed E-state index contributed by atoms with van der Waals surface area (Å²) in [6.45, 7) is 3.86. The predicted octanol–water partition coefficient (Wildman–Crippen LogP) is 4.25. The van der Waals surface area contributed by atoms with Gasteiger partial charge >= 0.3 is 6.03 Å². The maximum absolute atomic E-state index is 16.2. The minimum atomic E-state index is -2.88. The van der Waals surface area contributed by atoms with E-state index in [9.17, 15) is 19.2 Å². The molecule has 5 aliphatic heterocycles. The average molecular weight is 840 g/mol. The highest BCUT2D eigenvalue weighted by Crippen LogP contribution is 2.45. The van der Waals surface area contributed by atoms with Gasteiger partial charge in [0.1, 0.15) is 11.4 Å². The van der Waals surface area contributed by atoms with Crippen molar-refractivity contribution in [1.29, 1.82) is 0 Å². The minimum absolute atomic E-state index is 0.00707. The summed E-state index contributed by atoms with van der Waals surface area (Å²) >= 11 is 0. The van der Waals surface area contributed by atoms with Crippen LogP contribution in [-0.4, -0.2) is 132 Å². The quantitative estimate of drug-likeness (QED) is 0.220. The summed E-state index contributed by atoms with van der Waals surface area (Å²) in [7, 11) is 3.27. The number of rotatable bonds is 9. The molecule has 1 unspecified atom stereocenters. The second-order valence-electron chi connectivity index (χ2n) is 17.0. The van der Waals surface area contributed by atoms with Crippen LogP contribution in [-0.2, 0) is 17.8 Å². The van der Waals surface area contributed by atoms with Crippen molar-refractivity contribution in [3.8, 4) is 5.75 Å². The Morgan fingerprint density at radius 1 is 0.951 bits per heavy atom. The fraction of sp³-hybridized carbons (Fsp3) is 0.488. The first kappa shape index (κ1) is 40.5. The van der Waals surface area contributed by atoms with E-state index in [2.05, 4.69) is 20.5 Å². The Morgan fingerprint density at radius 3 is 2.41 bits per heavy atom. The van der Waals surface area contributed by atoms with Crippen LogP contribution in [0.25, 0.3) is 5.65 Å². The summed E-state index contributed by atoms with van der Waals surface area (Å²) in [5, 5.41) is 10.2. The lowest BCUT2D eigenvalue weighted by Crippen LogP contribution is -2.60. The number of likely N-dealkylation sites (tertiary alicyclic amines) is 3. The number of alkyl halides is 2. The van der Waals surface area contributed by atoms with Crippen molar-refractivity contribution in [2.45, 2.75) is 63.5 Å². The Labute approximate surface area is 351 Å². The van der Waals surface area contributed by atoms with Crippen LogP contribution in [0.5, 0.6) is 5.75 Å². The number of fused-ring (bicyclic) bond motifs is 2. The lowest BCUT2D eigenvalue weighted by molar-refractivity contribution is -0.139. The molecule has 4 N–H and O–H groups in total. The maximum atomic E-state index is 16.2. The molecular weight excluding hydrogens is 789 g/mol. The van der Waals surface area contributed by atoms with Crippen molar-refractivity contribution in [2.24, 2.45) is 11.1 Å². The van der Waals surface area contributed by atoms with Gasteiger partial charge in [-0.3, -0.25) is 34.4 Å². The molecule has 0 saturated carbocycles. The lowest BCUT2D eigenvalue weighted by atomic mass is 9.70. The van der Waals surface area contributed by atoms with E-state index in [1.54, 1.807) is 25.2 Å². The van der Waals surface area contributed by atoms with Gasteiger partial charge in [-0.1, -0.05) is 12.1 Å². The molecular formula is C43H51F2N11O5. The van der Waals surface area contributed by atoms with E-state index in [4.69, 9.17) is 15.6 Å². The third-order valence-electron chi connectivity index (χ3n) is 13.6. The van der Waals surface area contributed by atoms with Gasteiger partial charge in [-0.25, -0.2) is 23.1 Å². The Balaban J connectivity index is 0.801. The summed E-state index contributed by atoms with van der Waals surface area (Å²) in [4.78, 5) is 63.7. The van der Waals surface area contributed by atoms with E-state index in [0.717, 1.165) is 48.9 Å². The molecule has 4 fully saturated rings. The molecule has 4 aromatic rings. The van der Waals surface area contributed by atoms with E-state index in [1.807, 2.05) is 39.0 Å². The van der Waals surface area contributed by atoms with Crippen LogP contribution in [0.1, 0.15) is 70.5 Å². The van der Waals surface area contributed by atoms with Gasteiger partial charge in [0, 0.05) is 70.1 Å². The van der Waals surface area contributed by atoms with Crippen molar-refractivity contribution in [1.82, 2.24) is 34.6 Å². The van der Waals surface area contributed by atoms with Gasteiger partial charge in [0.25, 0.3) is 17.7 Å². The molecule has 0 aliphatic carbocycles. The molecule has 7 heterocycles. The molecule has 61 heavy (non-hydrogen) atoms. The lowest BCUT2D eigenvalue weighted by Gasteiger charge is -2.51. The molecule has 5 amide bonds. The molecule has 2 aromatic carbocycles. The number of imide groups is 1. The van der Waals surface area contributed by atoms with Crippen LogP contribution in [0.3, 0.4) is 0 Å². The number of imidazole rings is 1. The first-order valence-corrected chi connectivity index (χ1v) is 21.0. The number of hydrogen-bond donors (Lipinski definition) is 3. The van der Waals surface area contributed by atoms with Gasteiger partial charge in [0.2, 0.25) is 5.91 Å². The van der Waals surface area contributed by atoms with Gasteiger partial charge in [0.05, 0.1) is 37.3 Å².